The van der Waals surface area contributed by atoms with E-state index in [0.717, 1.165) is 22.6 Å². The average molecular weight is 430 g/mol. The summed E-state index contributed by atoms with van der Waals surface area (Å²) in [4.78, 5) is 21.0. The fourth-order valence-corrected chi connectivity index (χ4v) is 3.28. The van der Waals surface area contributed by atoms with E-state index in [9.17, 15) is 4.79 Å². The lowest BCUT2D eigenvalue weighted by atomic mass is 10.1. The van der Waals surface area contributed by atoms with Crippen molar-refractivity contribution in [3.05, 3.63) is 119 Å². The smallest absolute Gasteiger partial charge is 0.275 e. The van der Waals surface area contributed by atoms with Gasteiger partial charge in [-0.3, -0.25) is 9.78 Å². The third kappa shape index (κ3) is 5.68. The van der Waals surface area contributed by atoms with Crippen LogP contribution in [-0.2, 0) is 13.0 Å². The van der Waals surface area contributed by atoms with Crippen molar-refractivity contribution in [3.8, 4) is 5.75 Å². The van der Waals surface area contributed by atoms with Crippen LogP contribution < -0.4 is 10.1 Å². The molecule has 31 heavy (non-hydrogen) atoms. The maximum absolute atomic E-state index is 12.4. The Kier molecular flexibility index (Phi) is 6.55. The molecule has 0 aliphatic heterocycles. The van der Waals surface area contributed by atoms with Crippen molar-refractivity contribution < 1.29 is 9.53 Å². The van der Waals surface area contributed by atoms with Crippen LogP contribution in [0.15, 0.2) is 91.1 Å². The van der Waals surface area contributed by atoms with Crippen molar-refractivity contribution in [2.75, 3.05) is 5.32 Å². The maximum atomic E-state index is 12.4. The monoisotopic (exact) mass is 429 g/mol. The molecule has 154 valence electrons. The summed E-state index contributed by atoms with van der Waals surface area (Å²) in [5.41, 5.74) is 3.12. The summed E-state index contributed by atoms with van der Waals surface area (Å²) in [6.45, 7) is 0.461. The van der Waals surface area contributed by atoms with Gasteiger partial charge < -0.3 is 10.1 Å². The fraction of sp³-hybridized carbons (Fsp3) is 0.0800. The van der Waals surface area contributed by atoms with Gasteiger partial charge in [0.25, 0.3) is 5.91 Å². The van der Waals surface area contributed by atoms with E-state index in [-0.39, 0.29) is 5.91 Å². The average Bonchev–Trinajstić information content (AvgIpc) is 2.80. The van der Waals surface area contributed by atoms with Gasteiger partial charge >= 0.3 is 0 Å². The first-order valence-corrected chi connectivity index (χ1v) is 10.2. The molecule has 0 atom stereocenters. The molecular formula is C25H20ClN3O2. The number of aromatic nitrogens is 2. The number of pyridine rings is 2. The minimum absolute atomic E-state index is 0.306. The molecule has 2 aromatic carbocycles. The summed E-state index contributed by atoms with van der Waals surface area (Å²) in [7, 11) is 0. The summed E-state index contributed by atoms with van der Waals surface area (Å²) in [5, 5.41) is 3.41. The lowest BCUT2D eigenvalue weighted by Gasteiger charge is -2.13. The van der Waals surface area contributed by atoms with Crippen molar-refractivity contribution in [2.24, 2.45) is 0 Å². The summed E-state index contributed by atoms with van der Waals surface area (Å²) in [5.74, 6) is 0.903. The van der Waals surface area contributed by atoms with E-state index >= 15 is 0 Å². The summed E-state index contributed by atoms with van der Waals surface area (Å²) in [6.07, 6.45) is 2.09. The van der Waals surface area contributed by atoms with Crippen LogP contribution in [-0.4, -0.2) is 15.9 Å². The standard InChI is InChI=1S/C25H20ClN3O2/c26-20-12-13-23(31-17-18-7-2-1-3-8-18)19(15-20)16-21-9-6-11-24(28-21)29-25(30)22-10-4-5-14-27-22/h1-15H,16-17H2,(H,28,29,30). The Morgan fingerprint density at radius 2 is 1.77 bits per heavy atom. The van der Waals surface area contributed by atoms with Crippen molar-refractivity contribution in [3.63, 3.8) is 0 Å². The summed E-state index contributed by atoms with van der Waals surface area (Å²) in [6, 6.07) is 26.2. The molecule has 5 nitrogen and oxygen atoms in total. The molecule has 0 aliphatic rings. The van der Waals surface area contributed by atoms with Gasteiger partial charge in [0.2, 0.25) is 0 Å². The number of anilines is 1. The number of hydrogen-bond acceptors (Lipinski definition) is 4. The molecule has 6 heteroatoms. The second kappa shape index (κ2) is 9.87. The zero-order chi connectivity index (χ0) is 21.5. The lowest BCUT2D eigenvalue weighted by molar-refractivity contribution is 0.102. The largest absolute Gasteiger partial charge is 0.489 e. The molecule has 0 fully saturated rings. The number of nitrogens with zero attached hydrogens (tertiary/aromatic N) is 2. The van der Waals surface area contributed by atoms with E-state index < -0.39 is 0 Å². The normalized spacial score (nSPS) is 10.5. The Labute approximate surface area is 185 Å². The number of ether oxygens (including phenoxy) is 1. The minimum Gasteiger partial charge on any atom is -0.489 e. The molecule has 2 heterocycles. The topological polar surface area (TPSA) is 64.1 Å². The second-order valence-electron chi connectivity index (χ2n) is 6.89. The zero-order valence-electron chi connectivity index (χ0n) is 16.7. The highest BCUT2D eigenvalue weighted by Gasteiger charge is 2.11. The van der Waals surface area contributed by atoms with Crippen LogP contribution in [0, 0.1) is 0 Å². The van der Waals surface area contributed by atoms with Crippen LogP contribution in [0.25, 0.3) is 0 Å². The van der Waals surface area contributed by atoms with Gasteiger partial charge in [0, 0.05) is 28.9 Å². The van der Waals surface area contributed by atoms with Crippen molar-refractivity contribution in [1.82, 2.24) is 9.97 Å². The SMILES string of the molecule is O=C(Nc1cccc(Cc2cc(Cl)ccc2OCc2ccccc2)n1)c1ccccn1. The van der Waals surface area contributed by atoms with Gasteiger partial charge in [0.15, 0.2) is 0 Å². The first-order valence-electron chi connectivity index (χ1n) is 9.81. The molecule has 4 rings (SSSR count). The van der Waals surface area contributed by atoms with Crippen molar-refractivity contribution in [2.45, 2.75) is 13.0 Å². The van der Waals surface area contributed by atoms with Crippen LogP contribution >= 0.6 is 11.6 Å². The van der Waals surface area contributed by atoms with E-state index in [0.29, 0.717) is 29.6 Å². The molecule has 0 radical (unpaired) electrons. The number of carbonyl (C=O) groups excluding carboxylic acids is 1. The van der Waals surface area contributed by atoms with E-state index in [1.165, 1.54) is 0 Å². The molecule has 1 N–H and O–H groups in total. The van der Waals surface area contributed by atoms with Crippen LogP contribution in [0.1, 0.15) is 27.3 Å². The van der Waals surface area contributed by atoms with Gasteiger partial charge in [-0.15, -0.1) is 0 Å². The number of hydrogen-bond donors (Lipinski definition) is 1. The van der Waals surface area contributed by atoms with Gasteiger partial charge in [-0.05, 0) is 48.0 Å². The van der Waals surface area contributed by atoms with Gasteiger partial charge in [-0.2, -0.15) is 0 Å². The first kappa shape index (κ1) is 20.6. The van der Waals surface area contributed by atoms with Gasteiger partial charge in [-0.25, -0.2) is 4.98 Å². The number of amides is 1. The molecular weight excluding hydrogens is 410 g/mol. The maximum Gasteiger partial charge on any atom is 0.275 e. The molecule has 0 aliphatic carbocycles. The van der Waals surface area contributed by atoms with Crippen LogP contribution in [0.4, 0.5) is 5.82 Å². The van der Waals surface area contributed by atoms with E-state index in [2.05, 4.69) is 15.3 Å². The zero-order valence-corrected chi connectivity index (χ0v) is 17.4. The van der Waals surface area contributed by atoms with Crippen molar-refractivity contribution in [1.29, 1.82) is 0 Å². The van der Waals surface area contributed by atoms with Crippen LogP contribution in [0.3, 0.4) is 0 Å². The fourth-order valence-electron chi connectivity index (χ4n) is 3.08. The molecule has 0 unspecified atom stereocenters. The third-order valence-electron chi connectivity index (χ3n) is 4.58. The Morgan fingerprint density at radius 1 is 0.935 bits per heavy atom. The minimum atomic E-state index is -0.306. The summed E-state index contributed by atoms with van der Waals surface area (Å²) < 4.78 is 6.04. The van der Waals surface area contributed by atoms with Crippen molar-refractivity contribution >= 4 is 23.3 Å². The molecule has 4 aromatic rings. The number of nitrogens with one attached hydrogen (secondary N) is 1. The van der Waals surface area contributed by atoms with E-state index in [1.807, 2.05) is 60.7 Å². The van der Waals surface area contributed by atoms with Gasteiger partial charge in [-0.1, -0.05) is 54.1 Å². The van der Waals surface area contributed by atoms with E-state index in [4.69, 9.17) is 16.3 Å². The Bertz CT molecular complexity index is 1170. The highest BCUT2D eigenvalue weighted by atomic mass is 35.5. The second-order valence-corrected chi connectivity index (χ2v) is 7.32. The number of benzene rings is 2. The molecule has 0 bridgehead atoms. The predicted octanol–water partition coefficient (Wildman–Crippen LogP) is 5.55. The Balaban J connectivity index is 1.49. The number of carbonyl (C=O) groups is 1. The van der Waals surface area contributed by atoms with Gasteiger partial charge in [0.05, 0.1) is 0 Å². The van der Waals surface area contributed by atoms with E-state index in [1.54, 1.807) is 30.5 Å². The Hall–Kier alpha value is -3.70. The molecule has 0 saturated heterocycles. The highest BCUT2D eigenvalue weighted by Crippen LogP contribution is 2.26. The molecule has 1 amide bonds. The lowest BCUT2D eigenvalue weighted by Crippen LogP contribution is -2.14. The summed E-state index contributed by atoms with van der Waals surface area (Å²) >= 11 is 6.23. The predicted molar refractivity (Wildman–Crippen MR) is 121 cm³/mol. The highest BCUT2D eigenvalue weighted by molar-refractivity contribution is 6.30. The third-order valence-corrected chi connectivity index (χ3v) is 4.81. The molecule has 0 spiro atoms. The number of halogens is 1. The number of rotatable bonds is 7. The molecule has 0 saturated carbocycles. The quantitative estimate of drug-likeness (QED) is 0.418. The Morgan fingerprint density at radius 3 is 2.58 bits per heavy atom. The first-order chi connectivity index (χ1) is 15.2. The van der Waals surface area contributed by atoms with Crippen LogP contribution in [0.2, 0.25) is 5.02 Å². The molecule has 2 aromatic heterocycles. The van der Waals surface area contributed by atoms with Gasteiger partial charge in [0.1, 0.15) is 23.9 Å². The van der Waals surface area contributed by atoms with Crippen LogP contribution in [0.5, 0.6) is 5.75 Å².